The lowest BCUT2D eigenvalue weighted by Gasteiger charge is -2.17. The van der Waals surface area contributed by atoms with Gasteiger partial charge in [0, 0.05) is 65.9 Å². The van der Waals surface area contributed by atoms with E-state index < -0.39 is 10.0 Å². The smallest absolute Gasteiger partial charge is 0.241 e. The number of hydrogen-bond acceptors (Lipinski definition) is 5. The summed E-state index contributed by atoms with van der Waals surface area (Å²) in [5, 5.41) is 6.60. The first-order chi connectivity index (χ1) is 15.4. The summed E-state index contributed by atoms with van der Waals surface area (Å²) in [6, 6.07) is 18.6. The van der Waals surface area contributed by atoms with Crippen LogP contribution in [-0.2, 0) is 10.0 Å². The molecule has 166 valence electrons. The summed E-state index contributed by atoms with van der Waals surface area (Å²) >= 11 is 6.04. The topological polar surface area (TPSA) is 74.3 Å². The molecule has 1 heterocycles. The quantitative estimate of drug-likeness (QED) is 0.360. The molecule has 0 aliphatic heterocycles. The molecule has 0 saturated carbocycles. The Morgan fingerprint density at radius 3 is 2.53 bits per heavy atom. The van der Waals surface area contributed by atoms with Crippen LogP contribution < -0.4 is 14.9 Å². The predicted molar refractivity (Wildman–Crippen MR) is 133 cm³/mol. The van der Waals surface area contributed by atoms with Crippen molar-refractivity contribution < 1.29 is 8.42 Å². The van der Waals surface area contributed by atoms with Crippen LogP contribution in [0.1, 0.15) is 6.42 Å². The van der Waals surface area contributed by atoms with Crippen LogP contribution in [0.15, 0.2) is 71.8 Å². The highest BCUT2D eigenvalue weighted by Gasteiger charge is 2.18. The zero-order chi connectivity index (χ0) is 22.7. The van der Waals surface area contributed by atoms with E-state index in [-0.39, 0.29) is 0 Å². The fourth-order valence-corrected chi connectivity index (χ4v) is 5.22. The van der Waals surface area contributed by atoms with E-state index in [0.29, 0.717) is 34.8 Å². The predicted octanol–water partition coefficient (Wildman–Crippen LogP) is 4.89. The van der Waals surface area contributed by atoms with Gasteiger partial charge in [-0.1, -0.05) is 35.9 Å². The molecular formula is C24H25ClN4O2S. The number of pyridine rings is 1. The first-order valence-corrected chi connectivity index (χ1v) is 12.2. The second kappa shape index (κ2) is 9.32. The lowest BCUT2D eigenvalue weighted by Crippen LogP contribution is -2.26. The average Bonchev–Trinajstić information content (AvgIpc) is 2.77. The van der Waals surface area contributed by atoms with Crippen LogP contribution in [0.4, 0.5) is 11.4 Å². The lowest BCUT2D eigenvalue weighted by atomic mass is 10.1. The lowest BCUT2D eigenvalue weighted by molar-refractivity contribution is 0.581. The zero-order valence-electron chi connectivity index (χ0n) is 18.0. The van der Waals surface area contributed by atoms with Crippen molar-refractivity contribution in [3.05, 3.63) is 71.9 Å². The highest BCUT2D eigenvalue weighted by Crippen LogP contribution is 2.30. The van der Waals surface area contributed by atoms with Crippen LogP contribution in [0.3, 0.4) is 0 Å². The number of anilines is 2. The van der Waals surface area contributed by atoms with Gasteiger partial charge in [0.1, 0.15) is 0 Å². The van der Waals surface area contributed by atoms with E-state index in [1.165, 1.54) is 0 Å². The molecule has 0 atom stereocenters. The summed E-state index contributed by atoms with van der Waals surface area (Å²) in [5.74, 6) is 0. The fraction of sp³-hybridized carbons (Fsp3) is 0.208. The standard InChI is InChI=1S/C24H25ClN4O2S/c1-29(2)23-8-3-7-19-18(23)6-4-9-24(19)32(30,31)28-14-5-13-26-21-12-15-27-22-16-17(25)10-11-20(21)22/h3-4,6-12,15-16,28H,5,13-14H2,1-2H3,(H,26,27). The molecule has 0 saturated heterocycles. The third kappa shape index (κ3) is 4.65. The van der Waals surface area contributed by atoms with Gasteiger partial charge in [0.25, 0.3) is 0 Å². The van der Waals surface area contributed by atoms with E-state index >= 15 is 0 Å². The van der Waals surface area contributed by atoms with Gasteiger partial charge in [-0.2, -0.15) is 0 Å². The van der Waals surface area contributed by atoms with Crippen molar-refractivity contribution in [2.75, 3.05) is 37.4 Å². The highest BCUT2D eigenvalue weighted by molar-refractivity contribution is 7.89. The molecule has 6 nitrogen and oxygen atoms in total. The minimum Gasteiger partial charge on any atom is -0.384 e. The molecule has 4 rings (SSSR count). The number of hydrogen-bond donors (Lipinski definition) is 2. The summed E-state index contributed by atoms with van der Waals surface area (Å²) in [4.78, 5) is 6.61. The van der Waals surface area contributed by atoms with E-state index in [1.54, 1.807) is 18.3 Å². The Hall–Kier alpha value is -2.87. The zero-order valence-corrected chi connectivity index (χ0v) is 19.5. The van der Waals surface area contributed by atoms with Gasteiger partial charge in [0.2, 0.25) is 10.0 Å². The molecule has 0 aliphatic carbocycles. The molecule has 0 bridgehead atoms. The van der Waals surface area contributed by atoms with Gasteiger partial charge in [-0.3, -0.25) is 4.98 Å². The number of halogens is 1. The van der Waals surface area contributed by atoms with Gasteiger partial charge in [-0.15, -0.1) is 0 Å². The number of benzene rings is 3. The second-order valence-electron chi connectivity index (χ2n) is 7.72. The molecule has 3 aromatic carbocycles. The minimum absolute atomic E-state index is 0.295. The first-order valence-electron chi connectivity index (χ1n) is 10.3. The summed E-state index contributed by atoms with van der Waals surface area (Å²) in [5.41, 5.74) is 2.74. The van der Waals surface area contributed by atoms with E-state index in [2.05, 4.69) is 15.0 Å². The van der Waals surface area contributed by atoms with Gasteiger partial charge in [-0.25, -0.2) is 13.1 Å². The number of aromatic nitrogens is 1. The Bertz CT molecular complexity index is 1370. The summed E-state index contributed by atoms with van der Waals surface area (Å²) < 4.78 is 28.7. The van der Waals surface area contributed by atoms with Crippen LogP contribution >= 0.6 is 11.6 Å². The Morgan fingerprint density at radius 2 is 1.72 bits per heavy atom. The monoisotopic (exact) mass is 468 g/mol. The average molecular weight is 469 g/mol. The molecule has 32 heavy (non-hydrogen) atoms. The van der Waals surface area contributed by atoms with Crippen LogP contribution in [-0.4, -0.2) is 40.6 Å². The van der Waals surface area contributed by atoms with Gasteiger partial charge in [0.15, 0.2) is 0 Å². The van der Waals surface area contributed by atoms with Crippen molar-refractivity contribution in [1.29, 1.82) is 0 Å². The Morgan fingerprint density at radius 1 is 0.938 bits per heavy atom. The maximum atomic E-state index is 13.0. The van der Waals surface area contributed by atoms with Crippen LogP contribution in [0.5, 0.6) is 0 Å². The van der Waals surface area contributed by atoms with Crippen molar-refractivity contribution in [3.8, 4) is 0 Å². The molecule has 0 spiro atoms. The SMILES string of the molecule is CN(C)c1cccc2c(S(=O)(=O)NCCCNc3ccnc4cc(Cl)ccc34)cccc12. The molecule has 0 unspecified atom stereocenters. The number of fused-ring (bicyclic) bond motifs is 2. The largest absolute Gasteiger partial charge is 0.384 e. The first kappa shape index (κ1) is 22.3. The molecule has 0 radical (unpaired) electrons. The van der Waals surface area contributed by atoms with Crippen molar-refractivity contribution in [2.24, 2.45) is 0 Å². The van der Waals surface area contributed by atoms with Crippen molar-refractivity contribution in [3.63, 3.8) is 0 Å². The van der Waals surface area contributed by atoms with Gasteiger partial charge in [0.05, 0.1) is 10.4 Å². The molecule has 4 aromatic rings. The third-order valence-corrected chi connectivity index (χ3v) is 7.05. The summed E-state index contributed by atoms with van der Waals surface area (Å²) in [6.07, 6.45) is 2.36. The van der Waals surface area contributed by atoms with Gasteiger partial charge >= 0.3 is 0 Å². The Labute approximate surface area is 193 Å². The normalized spacial score (nSPS) is 11.7. The highest BCUT2D eigenvalue weighted by atomic mass is 35.5. The molecular weight excluding hydrogens is 444 g/mol. The van der Waals surface area contributed by atoms with E-state index in [9.17, 15) is 8.42 Å². The number of nitrogens with one attached hydrogen (secondary N) is 2. The number of nitrogens with zero attached hydrogens (tertiary/aromatic N) is 2. The maximum absolute atomic E-state index is 13.0. The Balaban J connectivity index is 1.42. The third-order valence-electron chi connectivity index (χ3n) is 5.30. The van der Waals surface area contributed by atoms with Gasteiger partial charge in [-0.05, 0) is 42.8 Å². The van der Waals surface area contributed by atoms with E-state index in [0.717, 1.165) is 27.7 Å². The maximum Gasteiger partial charge on any atom is 0.241 e. The molecule has 2 N–H and O–H groups in total. The van der Waals surface area contributed by atoms with E-state index in [1.807, 2.05) is 67.5 Å². The van der Waals surface area contributed by atoms with Crippen molar-refractivity contribution in [1.82, 2.24) is 9.71 Å². The minimum atomic E-state index is -3.63. The molecule has 8 heteroatoms. The number of sulfonamides is 1. The van der Waals surface area contributed by atoms with Crippen molar-refractivity contribution in [2.45, 2.75) is 11.3 Å². The summed E-state index contributed by atoms with van der Waals surface area (Å²) in [7, 11) is 0.258. The second-order valence-corrected chi connectivity index (χ2v) is 9.89. The van der Waals surface area contributed by atoms with E-state index in [4.69, 9.17) is 11.6 Å². The van der Waals surface area contributed by atoms with Crippen LogP contribution in [0.2, 0.25) is 5.02 Å². The molecule has 1 aromatic heterocycles. The molecule has 0 amide bonds. The Kier molecular flexibility index (Phi) is 6.50. The van der Waals surface area contributed by atoms with Crippen molar-refractivity contribution >= 4 is 54.7 Å². The van der Waals surface area contributed by atoms with Crippen LogP contribution in [0, 0.1) is 0 Å². The van der Waals surface area contributed by atoms with Crippen LogP contribution in [0.25, 0.3) is 21.7 Å². The fourth-order valence-electron chi connectivity index (χ4n) is 3.76. The number of rotatable bonds is 8. The molecule has 0 aliphatic rings. The van der Waals surface area contributed by atoms with Gasteiger partial charge < -0.3 is 10.2 Å². The molecule has 0 fully saturated rings. The summed E-state index contributed by atoms with van der Waals surface area (Å²) in [6.45, 7) is 0.943.